The van der Waals surface area contributed by atoms with Crippen LogP contribution in [0.15, 0.2) is 60.8 Å². The smallest absolute Gasteiger partial charge is 0.416 e. The number of carbonyl (C=O) groups is 2. The number of carbonyl (C=O) groups excluding carboxylic acids is 2. The highest BCUT2D eigenvalue weighted by Crippen LogP contribution is 2.39. The molecule has 1 unspecified atom stereocenters. The largest absolute Gasteiger partial charge is 0.462 e. The number of anilines is 2. The molecule has 1 aromatic heterocycles. The fourth-order valence-electron chi connectivity index (χ4n) is 3.64. The SMILES string of the molecule is CCOC(=O)c1cnn2c1N(C(=O)Nc1cccc(C(F)(F)F)c1)C(c1ccccc1)C2. The summed E-state index contributed by atoms with van der Waals surface area (Å²) in [7, 11) is 0. The number of rotatable bonds is 4. The Morgan fingerprint density at radius 1 is 1.16 bits per heavy atom. The first-order chi connectivity index (χ1) is 15.3. The van der Waals surface area contributed by atoms with Crippen molar-refractivity contribution in [1.82, 2.24) is 9.78 Å². The lowest BCUT2D eigenvalue weighted by Crippen LogP contribution is -2.36. The molecule has 4 rings (SSSR count). The van der Waals surface area contributed by atoms with Gasteiger partial charge in [-0.25, -0.2) is 14.3 Å². The second-order valence-corrected chi connectivity index (χ2v) is 7.09. The van der Waals surface area contributed by atoms with Crippen LogP contribution in [0.3, 0.4) is 0 Å². The van der Waals surface area contributed by atoms with E-state index in [0.717, 1.165) is 17.7 Å². The molecule has 7 nitrogen and oxygen atoms in total. The van der Waals surface area contributed by atoms with Gasteiger partial charge in [-0.1, -0.05) is 36.4 Å². The number of nitrogens with one attached hydrogen (secondary N) is 1. The van der Waals surface area contributed by atoms with Gasteiger partial charge in [0.25, 0.3) is 0 Å². The van der Waals surface area contributed by atoms with Gasteiger partial charge in [0.1, 0.15) is 11.4 Å². The Balaban J connectivity index is 1.71. The highest BCUT2D eigenvalue weighted by molar-refractivity contribution is 6.06. The van der Waals surface area contributed by atoms with Crippen LogP contribution in [0, 0.1) is 0 Å². The van der Waals surface area contributed by atoms with Crippen molar-refractivity contribution in [2.24, 2.45) is 0 Å². The molecule has 0 saturated carbocycles. The maximum absolute atomic E-state index is 13.3. The lowest BCUT2D eigenvalue weighted by Gasteiger charge is -2.25. The summed E-state index contributed by atoms with van der Waals surface area (Å²) in [5, 5.41) is 6.73. The summed E-state index contributed by atoms with van der Waals surface area (Å²) in [5.41, 5.74) is -0.0163. The van der Waals surface area contributed by atoms with Crippen molar-refractivity contribution < 1.29 is 27.5 Å². The maximum Gasteiger partial charge on any atom is 0.416 e. The molecule has 3 aromatic rings. The van der Waals surface area contributed by atoms with Crippen LogP contribution in [-0.4, -0.2) is 28.4 Å². The molecule has 10 heteroatoms. The van der Waals surface area contributed by atoms with Gasteiger partial charge in [-0.2, -0.15) is 18.3 Å². The topological polar surface area (TPSA) is 76.5 Å². The number of alkyl halides is 3. The number of aromatic nitrogens is 2. The molecule has 0 aliphatic carbocycles. The zero-order valence-electron chi connectivity index (χ0n) is 17.0. The monoisotopic (exact) mass is 444 g/mol. The molecule has 2 heterocycles. The Labute approximate surface area is 181 Å². The summed E-state index contributed by atoms with van der Waals surface area (Å²) in [6, 6.07) is 12.3. The molecule has 32 heavy (non-hydrogen) atoms. The minimum absolute atomic E-state index is 0.0210. The summed E-state index contributed by atoms with van der Waals surface area (Å²) in [6.45, 7) is 2.07. The number of halogens is 3. The number of hydrogen-bond donors (Lipinski definition) is 1. The van der Waals surface area contributed by atoms with Gasteiger partial charge in [-0.3, -0.25) is 4.90 Å². The average molecular weight is 444 g/mol. The Bertz CT molecular complexity index is 1140. The molecule has 2 aromatic carbocycles. The lowest BCUT2D eigenvalue weighted by molar-refractivity contribution is -0.137. The number of esters is 1. The Morgan fingerprint density at radius 3 is 2.59 bits per heavy atom. The third-order valence-electron chi connectivity index (χ3n) is 5.04. The second-order valence-electron chi connectivity index (χ2n) is 7.09. The van der Waals surface area contributed by atoms with Gasteiger partial charge in [0.2, 0.25) is 0 Å². The van der Waals surface area contributed by atoms with Crippen LogP contribution in [0.25, 0.3) is 0 Å². The summed E-state index contributed by atoms with van der Waals surface area (Å²) in [5.74, 6) is -0.416. The summed E-state index contributed by atoms with van der Waals surface area (Å²) >= 11 is 0. The minimum Gasteiger partial charge on any atom is -0.462 e. The summed E-state index contributed by atoms with van der Waals surface area (Å²) in [6.07, 6.45) is -3.23. The van der Waals surface area contributed by atoms with Crippen molar-refractivity contribution in [3.8, 4) is 0 Å². The van der Waals surface area contributed by atoms with Crippen LogP contribution in [0.5, 0.6) is 0 Å². The third kappa shape index (κ3) is 4.03. The summed E-state index contributed by atoms with van der Waals surface area (Å²) < 4.78 is 45.8. The van der Waals surface area contributed by atoms with E-state index >= 15 is 0 Å². The number of benzene rings is 2. The quantitative estimate of drug-likeness (QED) is 0.583. The number of fused-ring (bicyclic) bond motifs is 1. The van der Waals surface area contributed by atoms with Crippen LogP contribution in [0.1, 0.15) is 34.5 Å². The molecule has 1 aliphatic rings. The molecule has 166 valence electrons. The normalized spacial score (nSPS) is 15.4. The van der Waals surface area contributed by atoms with Gasteiger partial charge in [0.15, 0.2) is 0 Å². The lowest BCUT2D eigenvalue weighted by atomic mass is 10.1. The van der Waals surface area contributed by atoms with Crippen molar-refractivity contribution in [2.45, 2.75) is 25.7 Å². The van der Waals surface area contributed by atoms with E-state index in [1.807, 2.05) is 30.3 Å². The first kappa shape index (κ1) is 21.4. The minimum atomic E-state index is -4.54. The highest BCUT2D eigenvalue weighted by atomic mass is 19.4. The first-order valence-corrected chi connectivity index (χ1v) is 9.85. The van der Waals surface area contributed by atoms with E-state index in [0.29, 0.717) is 0 Å². The van der Waals surface area contributed by atoms with E-state index < -0.39 is 29.8 Å². The van der Waals surface area contributed by atoms with Crippen molar-refractivity contribution in [3.05, 3.63) is 77.5 Å². The van der Waals surface area contributed by atoms with Crippen molar-refractivity contribution >= 4 is 23.5 Å². The van der Waals surface area contributed by atoms with Crippen LogP contribution in [-0.2, 0) is 17.5 Å². The zero-order valence-corrected chi connectivity index (χ0v) is 17.0. The molecule has 1 N–H and O–H groups in total. The van der Waals surface area contributed by atoms with Gasteiger partial charge in [0, 0.05) is 5.69 Å². The standard InChI is InChI=1S/C22H19F3N4O3/c1-2-32-20(30)17-12-26-28-13-18(14-7-4-3-5-8-14)29(19(17)28)21(31)27-16-10-6-9-15(11-16)22(23,24)25/h3-12,18H,2,13H2,1H3,(H,27,31). The fourth-order valence-corrected chi connectivity index (χ4v) is 3.64. The second kappa shape index (κ2) is 8.37. The zero-order chi connectivity index (χ0) is 22.9. The fraction of sp³-hybridized carbons (Fsp3) is 0.227. The molecule has 0 saturated heterocycles. The van der Waals surface area contributed by atoms with E-state index in [9.17, 15) is 22.8 Å². The Kier molecular flexibility index (Phi) is 5.60. The van der Waals surface area contributed by atoms with Crippen molar-refractivity contribution in [1.29, 1.82) is 0 Å². The summed E-state index contributed by atoms with van der Waals surface area (Å²) in [4.78, 5) is 27.1. The maximum atomic E-state index is 13.3. The average Bonchev–Trinajstić information content (AvgIpc) is 3.33. The molecular weight excluding hydrogens is 425 g/mol. The van der Waals surface area contributed by atoms with Crippen molar-refractivity contribution in [3.63, 3.8) is 0 Å². The third-order valence-corrected chi connectivity index (χ3v) is 5.04. The van der Waals surface area contributed by atoms with Crippen LogP contribution in [0.4, 0.5) is 29.5 Å². The molecule has 0 spiro atoms. The van der Waals surface area contributed by atoms with Gasteiger partial charge < -0.3 is 10.1 Å². The molecule has 1 aliphatic heterocycles. The van der Waals surface area contributed by atoms with Gasteiger partial charge in [-0.15, -0.1) is 0 Å². The first-order valence-electron chi connectivity index (χ1n) is 9.85. The van der Waals surface area contributed by atoms with Gasteiger partial charge in [-0.05, 0) is 30.7 Å². The van der Waals surface area contributed by atoms with Crippen LogP contribution < -0.4 is 10.2 Å². The van der Waals surface area contributed by atoms with E-state index in [1.54, 1.807) is 6.92 Å². The van der Waals surface area contributed by atoms with Gasteiger partial charge in [0.05, 0.1) is 31.0 Å². The van der Waals surface area contributed by atoms with E-state index in [-0.39, 0.29) is 30.2 Å². The molecule has 0 radical (unpaired) electrons. The van der Waals surface area contributed by atoms with E-state index in [2.05, 4.69) is 10.4 Å². The number of hydrogen-bond acceptors (Lipinski definition) is 4. The predicted octanol–water partition coefficient (Wildman–Crippen LogP) is 4.87. The molecule has 1 atom stereocenters. The predicted molar refractivity (Wildman–Crippen MR) is 110 cm³/mol. The number of urea groups is 1. The van der Waals surface area contributed by atoms with Crippen molar-refractivity contribution in [2.75, 3.05) is 16.8 Å². The Hall–Kier alpha value is -3.82. The highest BCUT2D eigenvalue weighted by Gasteiger charge is 2.40. The Morgan fingerprint density at radius 2 is 1.91 bits per heavy atom. The van der Waals surface area contributed by atoms with Crippen LogP contribution >= 0.6 is 0 Å². The van der Waals surface area contributed by atoms with Crippen LogP contribution in [0.2, 0.25) is 0 Å². The number of ether oxygens (including phenoxy) is 1. The number of amides is 2. The molecule has 0 fully saturated rings. The van der Waals surface area contributed by atoms with Gasteiger partial charge >= 0.3 is 18.2 Å². The molecule has 0 bridgehead atoms. The molecule has 2 amide bonds. The van der Waals surface area contributed by atoms with E-state index in [1.165, 1.54) is 27.9 Å². The van der Waals surface area contributed by atoms with E-state index in [4.69, 9.17) is 4.74 Å². The molecular formula is C22H19F3N4O3. The number of nitrogens with zero attached hydrogens (tertiary/aromatic N) is 3.